The summed E-state index contributed by atoms with van der Waals surface area (Å²) in [5.74, 6) is 1.61. The van der Waals surface area contributed by atoms with Gasteiger partial charge in [0, 0.05) is 18.7 Å². The summed E-state index contributed by atoms with van der Waals surface area (Å²) >= 11 is 1.87. The minimum Gasteiger partial charge on any atom is -0.366 e. The maximum absolute atomic E-state index is 11.0. The lowest BCUT2D eigenvalue weighted by molar-refractivity contribution is 0.100. The molecule has 0 spiro atoms. The molecule has 5 nitrogen and oxygen atoms in total. The van der Waals surface area contributed by atoms with Crippen LogP contribution < -0.4 is 16.4 Å². The molecule has 6 heteroatoms. The Morgan fingerprint density at radius 2 is 1.95 bits per heavy atom. The molecule has 0 aliphatic heterocycles. The summed E-state index contributed by atoms with van der Waals surface area (Å²) < 4.78 is 0. The van der Waals surface area contributed by atoms with Crippen LogP contribution >= 0.6 is 11.8 Å². The largest absolute Gasteiger partial charge is 0.366 e. The van der Waals surface area contributed by atoms with Crippen molar-refractivity contribution in [1.82, 2.24) is 10.6 Å². The second-order valence-corrected chi connectivity index (χ2v) is 5.87. The van der Waals surface area contributed by atoms with Gasteiger partial charge in [-0.1, -0.05) is 12.1 Å². The number of carbonyl (C=O) groups is 1. The lowest BCUT2D eigenvalue weighted by Gasteiger charge is -2.11. The van der Waals surface area contributed by atoms with Gasteiger partial charge in [-0.15, -0.1) is 0 Å². The minimum absolute atomic E-state index is 0.407. The molecule has 0 aliphatic carbocycles. The van der Waals surface area contributed by atoms with Crippen LogP contribution in [-0.2, 0) is 6.54 Å². The highest BCUT2D eigenvalue weighted by atomic mass is 32.2. The monoisotopic (exact) mass is 322 g/mol. The van der Waals surface area contributed by atoms with E-state index in [1.807, 2.05) is 30.8 Å². The molecule has 0 atom stereocenters. The molecule has 4 N–H and O–H groups in total. The van der Waals surface area contributed by atoms with Gasteiger partial charge in [-0.2, -0.15) is 11.8 Å². The number of nitrogens with zero attached hydrogens (tertiary/aromatic N) is 1. The molecule has 1 amide bonds. The zero-order chi connectivity index (χ0) is 16.2. The van der Waals surface area contributed by atoms with Gasteiger partial charge in [-0.05, 0) is 49.5 Å². The van der Waals surface area contributed by atoms with Crippen LogP contribution in [-0.4, -0.2) is 37.0 Å². The average Bonchev–Trinajstić information content (AvgIpc) is 2.52. The molecule has 1 aromatic rings. The van der Waals surface area contributed by atoms with E-state index in [9.17, 15) is 4.79 Å². The van der Waals surface area contributed by atoms with Crippen LogP contribution in [0.5, 0.6) is 0 Å². The Morgan fingerprint density at radius 1 is 1.23 bits per heavy atom. The van der Waals surface area contributed by atoms with Crippen molar-refractivity contribution in [2.45, 2.75) is 26.3 Å². The van der Waals surface area contributed by atoms with Crippen LogP contribution in [0.2, 0.25) is 0 Å². The van der Waals surface area contributed by atoms with Crippen molar-refractivity contribution in [1.29, 1.82) is 0 Å². The maximum atomic E-state index is 11.0. The SMILES string of the molecule is CCNC(=NCc1ccc(C(N)=O)cc1)NCCCCSC. The molecule has 0 saturated heterocycles. The van der Waals surface area contributed by atoms with E-state index in [1.54, 1.807) is 12.1 Å². The number of carbonyl (C=O) groups excluding carboxylic acids is 1. The summed E-state index contributed by atoms with van der Waals surface area (Å²) in [5.41, 5.74) is 6.79. The van der Waals surface area contributed by atoms with Gasteiger partial charge in [-0.25, -0.2) is 4.99 Å². The molecule has 1 rings (SSSR count). The van der Waals surface area contributed by atoms with Gasteiger partial charge in [0.1, 0.15) is 0 Å². The predicted octanol–water partition coefficient (Wildman–Crippen LogP) is 1.98. The Morgan fingerprint density at radius 3 is 2.55 bits per heavy atom. The van der Waals surface area contributed by atoms with Gasteiger partial charge in [0.25, 0.3) is 0 Å². The molecule has 0 heterocycles. The number of thioether (sulfide) groups is 1. The van der Waals surface area contributed by atoms with Gasteiger partial charge in [0.2, 0.25) is 5.91 Å². The van der Waals surface area contributed by atoms with Crippen molar-refractivity contribution in [3.05, 3.63) is 35.4 Å². The Hall–Kier alpha value is -1.69. The summed E-state index contributed by atoms with van der Waals surface area (Å²) in [5, 5.41) is 6.57. The molecule has 0 bridgehead atoms. The highest BCUT2D eigenvalue weighted by molar-refractivity contribution is 7.98. The smallest absolute Gasteiger partial charge is 0.248 e. The van der Waals surface area contributed by atoms with E-state index >= 15 is 0 Å². The van der Waals surface area contributed by atoms with Gasteiger partial charge in [-0.3, -0.25) is 4.79 Å². The molecule has 0 saturated carbocycles. The average molecular weight is 322 g/mol. The molecule has 0 fully saturated rings. The van der Waals surface area contributed by atoms with Gasteiger partial charge in [0.15, 0.2) is 5.96 Å². The number of primary amides is 1. The quantitative estimate of drug-likeness (QED) is 0.369. The molecular formula is C16H26N4OS. The third-order valence-electron chi connectivity index (χ3n) is 3.07. The zero-order valence-electron chi connectivity index (χ0n) is 13.4. The number of nitrogens with two attached hydrogens (primary N) is 1. The summed E-state index contributed by atoms with van der Waals surface area (Å²) in [6.45, 7) is 4.37. The molecule has 22 heavy (non-hydrogen) atoms. The van der Waals surface area contributed by atoms with E-state index in [2.05, 4.69) is 21.9 Å². The Balaban J connectivity index is 2.48. The Bertz CT molecular complexity index is 474. The Kier molecular flexibility index (Phi) is 9.14. The molecule has 0 unspecified atom stereocenters. The number of hydrogen-bond donors (Lipinski definition) is 3. The third kappa shape index (κ3) is 7.36. The van der Waals surface area contributed by atoms with E-state index in [-0.39, 0.29) is 0 Å². The fraction of sp³-hybridized carbons (Fsp3) is 0.500. The van der Waals surface area contributed by atoms with Crippen LogP contribution in [0.3, 0.4) is 0 Å². The minimum atomic E-state index is -0.407. The fourth-order valence-electron chi connectivity index (χ4n) is 1.86. The van der Waals surface area contributed by atoms with Gasteiger partial charge in [0.05, 0.1) is 6.54 Å². The number of unbranched alkanes of at least 4 members (excludes halogenated alkanes) is 1. The van der Waals surface area contributed by atoms with Crippen LogP contribution in [0, 0.1) is 0 Å². The highest BCUT2D eigenvalue weighted by Gasteiger charge is 2.00. The van der Waals surface area contributed by atoms with Crippen LogP contribution in [0.25, 0.3) is 0 Å². The molecular weight excluding hydrogens is 296 g/mol. The zero-order valence-corrected chi connectivity index (χ0v) is 14.2. The summed E-state index contributed by atoms with van der Waals surface area (Å²) in [6, 6.07) is 7.23. The second kappa shape index (κ2) is 11.0. The maximum Gasteiger partial charge on any atom is 0.248 e. The first kappa shape index (κ1) is 18.4. The first-order valence-electron chi connectivity index (χ1n) is 7.57. The third-order valence-corrected chi connectivity index (χ3v) is 3.77. The van der Waals surface area contributed by atoms with E-state index in [1.165, 1.54) is 12.2 Å². The number of guanidine groups is 1. The van der Waals surface area contributed by atoms with E-state index in [0.29, 0.717) is 12.1 Å². The van der Waals surface area contributed by atoms with Gasteiger partial charge >= 0.3 is 0 Å². The summed E-state index contributed by atoms with van der Waals surface area (Å²) in [6.07, 6.45) is 4.48. The van der Waals surface area contributed by atoms with Crippen molar-refractivity contribution in [3.8, 4) is 0 Å². The molecule has 122 valence electrons. The lowest BCUT2D eigenvalue weighted by atomic mass is 10.1. The standard InChI is InChI=1S/C16H26N4OS/c1-3-18-16(19-10-4-5-11-22-2)20-12-13-6-8-14(9-7-13)15(17)21/h6-9H,3-5,10-12H2,1-2H3,(H2,17,21)(H2,18,19,20). The van der Waals surface area contributed by atoms with Crippen molar-refractivity contribution in [2.75, 3.05) is 25.1 Å². The number of hydrogen-bond acceptors (Lipinski definition) is 3. The van der Waals surface area contributed by atoms with E-state index in [4.69, 9.17) is 5.73 Å². The lowest BCUT2D eigenvalue weighted by Crippen LogP contribution is -2.37. The van der Waals surface area contributed by atoms with Gasteiger partial charge < -0.3 is 16.4 Å². The van der Waals surface area contributed by atoms with Crippen molar-refractivity contribution in [3.63, 3.8) is 0 Å². The first-order valence-corrected chi connectivity index (χ1v) is 8.96. The van der Waals surface area contributed by atoms with E-state index < -0.39 is 5.91 Å². The van der Waals surface area contributed by atoms with E-state index in [0.717, 1.165) is 31.0 Å². The number of rotatable bonds is 9. The summed E-state index contributed by atoms with van der Waals surface area (Å²) in [7, 11) is 0. The van der Waals surface area contributed by atoms with Crippen molar-refractivity contribution in [2.24, 2.45) is 10.7 Å². The van der Waals surface area contributed by atoms with Crippen molar-refractivity contribution >= 4 is 23.6 Å². The Labute approximate surface area is 137 Å². The number of amides is 1. The van der Waals surface area contributed by atoms with Crippen LogP contribution in [0.15, 0.2) is 29.3 Å². The normalized spacial score (nSPS) is 11.3. The first-order chi connectivity index (χ1) is 10.7. The summed E-state index contributed by atoms with van der Waals surface area (Å²) in [4.78, 5) is 15.6. The number of aliphatic imine (C=N–C) groups is 1. The number of nitrogens with one attached hydrogen (secondary N) is 2. The van der Waals surface area contributed by atoms with Crippen molar-refractivity contribution < 1.29 is 4.79 Å². The van der Waals surface area contributed by atoms with Crippen LogP contribution in [0.1, 0.15) is 35.7 Å². The second-order valence-electron chi connectivity index (χ2n) is 4.88. The molecule has 0 radical (unpaired) electrons. The van der Waals surface area contributed by atoms with Crippen LogP contribution in [0.4, 0.5) is 0 Å². The molecule has 0 aliphatic rings. The fourth-order valence-corrected chi connectivity index (χ4v) is 2.36. The predicted molar refractivity (Wildman–Crippen MR) is 95.4 cm³/mol. The molecule has 0 aromatic heterocycles. The number of benzene rings is 1. The topological polar surface area (TPSA) is 79.5 Å². The molecule has 1 aromatic carbocycles. The highest BCUT2D eigenvalue weighted by Crippen LogP contribution is 2.05.